The Morgan fingerprint density at radius 3 is 2.23 bits per heavy atom. The summed E-state index contributed by atoms with van der Waals surface area (Å²) >= 11 is 0. The molecule has 130 valence electrons. The fraction of sp³-hybridized carbons (Fsp3) is 0.941. The normalized spacial score (nSPS) is 24.1. The Labute approximate surface area is 136 Å². The van der Waals surface area contributed by atoms with Gasteiger partial charge in [0.1, 0.15) is 5.60 Å². The summed E-state index contributed by atoms with van der Waals surface area (Å²) in [5.41, 5.74) is -0.426. The molecule has 0 radical (unpaired) electrons. The molecule has 1 unspecified atom stereocenters. The van der Waals surface area contributed by atoms with Gasteiger partial charge in [-0.3, -0.25) is 0 Å². The van der Waals surface area contributed by atoms with Crippen molar-refractivity contribution in [3.8, 4) is 0 Å². The summed E-state index contributed by atoms with van der Waals surface area (Å²) < 4.78 is 5.32. The van der Waals surface area contributed by atoms with Gasteiger partial charge >= 0.3 is 6.09 Å². The van der Waals surface area contributed by atoms with Gasteiger partial charge < -0.3 is 20.3 Å². The van der Waals surface area contributed by atoms with Crippen LogP contribution in [0.5, 0.6) is 0 Å². The first-order valence-corrected chi connectivity index (χ1v) is 8.56. The van der Waals surface area contributed by atoms with Gasteiger partial charge in [0.25, 0.3) is 0 Å². The van der Waals surface area contributed by atoms with Crippen molar-refractivity contribution in [1.29, 1.82) is 0 Å². The summed E-state index contributed by atoms with van der Waals surface area (Å²) in [6.07, 6.45) is 5.17. The van der Waals surface area contributed by atoms with E-state index in [0.717, 1.165) is 32.2 Å². The van der Waals surface area contributed by atoms with Gasteiger partial charge in [-0.1, -0.05) is 0 Å². The van der Waals surface area contributed by atoms with Gasteiger partial charge in [-0.2, -0.15) is 0 Å². The number of carbonyl (C=O) groups excluding carboxylic acids is 1. The van der Waals surface area contributed by atoms with Crippen molar-refractivity contribution in [2.75, 3.05) is 20.6 Å². The maximum atomic E-state index is 11.8. The lowest BCUT2D eigenvalue weighted by Gasteiger charge is -2.32. The molecule has 22 heavy (non-hydrogen) atoms. The molecule has 2 N–H and O–H groups in total. The highest BCUT2D eigenvalue weighted by Crippen LogP contribution is 2.20. The Morgan fingerprint density at radius 1 is 1.18 bits per heavy atom. The van der Waals surface area contributed by atoms with Gasteiger partial charge in [0.05, 0.1) is 0 Å². The summed E-state index contributed by atoms with van der Waals surface area (Å²) in [5.74, 6) is 0. The van der Waals surface area contributed by atoms with Crippen LogP contribution in [-0.2, 0) is 4.74 Å². The molecule has 0 aliphatic heterocycles. The van der Waals surface area contributed by atoms with E-state index in [4.69, 9.17) is 4.74 Å². The molecule has 1 aliphatic rings. The molecule has 1 atom stereocenters. The topological polar surface area (TPSA) is 53.6 Å². The molecular weight excluding hydrogens is 278 g/mol. The Hall–Kier alpha value is -0.810. The van der Waals surface area contributed by atoms with Crippen molar-refractivity contribution in [1.82, 2.24) is 15.5 Å². The van der Waals surface area contributed by atoms with Gasteiger partial charge in [-0.15, -0.1) is 0 Å². The van der Waals surface area contributed by atoms with Crippen molar-refractivity contribution in [3.63, 3.8) is 0 Å². The molecule has 0 aromatic heterocycles. The number of amides is 1. The summed E-state index contributed by atoms with van der Waals surface area (Å²) in [5, 5.41) is 6.71. The third-order valence-electron chi connectivity index (χ3n) is 3.98. The molecule has 1 rings (SSSR count). The van der Waals surface area contributed by atoms with Gasteiger partial charge in [0, 0.05) is 18.1 Å². The summed E-state index contributed by atoms with van der Waals surface area (Å²) in [7, 11) is 4.22. The fourth-order valence-electron chi connectivity index (χ4n) is 2.82. The number of alkyl carbamates (subject to hydrolysis) is 1. The van der Waals surface area contributed by atoms with Crippen LogP contribution in [0.15, 0.2) is 0 Å². The van der Waals surface area contributed by atoms with E-state index in [9.17, 15) is 4.79 Å². The van der Waals surface area contributed by atoms with E-state index >= 15 is 0 Å². The third kappa shape index (κ3) is 8.59. The lowest BCUT2D eigenvalue weighted by atomic mass is 9.90. The van der Waals surface area contributed by atoms with E-state index in [-0.39, 0.29) is 12.1 Å². The van der Waals surface area contributed by atoms with Crippen LogP contribution in [0.2, 0.25) is 0 Å². The van der Waals surface area contributed by atoms with Crippen LogP contribution in [0.4, 0.5) is 4.79 Å². The molecule has 5 heteroatoms. The minimum atomic E-state index is -0.426. The SMILES string of the molecule is CC(CCN(C)C)NC1CCC(NC(=O)OC(C)(C)C)CC1. The van der Waals surface area contributed by atoms with E-state index in [1.165, 1.54) is 6.42 Å². The molecule has 0 heterocycles. The number of carbonyl (C=O) groups is 1. The van der Waals surface area contributed by atoms with E-state index in [0.29, 0.717) is 12.1 Å². The van der Waals surface area contributed by atoms with E-state index in [1.54, 1.807) is 0 Å². The molecule has 1 saturated carbocycles. The molecule has 0 saturated heterocycles. The Morgan fingerprint density at radius 2 is 1.73 bits per heavy atom. The minimum absolute atomic E-state index is 0.255. The van der Waals surface area contributed by atoms with Crippen LogP contribution in [0.25, 0.3) is 0 Å². The van der Waals surface area contributed by atoms with Gasteiger partial charge in [-0.05, 0) is 80.4 Å². The molecule has 5 nitrogen and oxygen atoms in total. The van der Waals surface area contributed by atoms with Crippen molar-refractivity contribution >= 4 is 6.09 Å². The van der Waals surface area contributed by atoms with Crippen LogP contribution >= 0.6 is 0 Å². The number of ether oxygens (including phenoxy) is 1. The molecule has 1 fully saturated rings. The maximum Gasteiger partial charge on any atom is 0.407 e. The minimum Gasteiger partial charge on any atom is -0.444 e. The number of rotatable bonds is 6. The van der Waals surface area contributed by atoms with Crippen molar-refractivity contribution < 1.29 is 9.53 Å². The molecule has 0 aromatic rings. The zero-order valence-corrected chi connectivity index (χ0v) is 15.2. The average Bonchev–Trinajstić information content (AvgIpc) is 2.36. The van der Waals surface area contributed by atoms with Crippen LogP contribution < -0.4 is 10.6 Å². The molecular formula is C17H35N3O2. The van der Waals surface area contributed by atoms with Crippen molar-refractivity contribution in [2.24, 2.45) is 0 Å². The Balaban J connectivity index is 2.21. The van der Waals surface area contributed by atoms with Crippen LogP contribution in [0.1, 0.15) is 59.8 Å². The quantitative estimate of drug-likeness (QED) is 0.792. The van der Waals surface area contributed by atoms with Gasteiger partial charge in [0.2, 0.25) is 0 Å². The second-order valence-electron chi connectivity index (χ2n) is 7.85. The van der Waals surface area contributed by atoms with E-state index in [2.05, 4.69) is 36.6 Å². The summed E-state index contributed by atoms with van der Waals surface area (Å²) in [4.78, 5) is 14.0. The summed E-state index contributed by atoms with van der Waals surface area (Å²) in [6, 6.07) is 1.38. The molecule has 1 aliphatic carbocycles. The second kappa shape index (κ2) is 8.73. The fourth-order valence-corrected chi connectivity index (χ4v) is 2.82. The van der Waals surface area contributed by atoms with Gasteiger partial charge in [0.15, 0.2) is 0 Å². The predicted octanol–water partition coefficient (Wildman–Crippen LogP) is 2.75. The zero-order chi connectivity index (χ0) is 16.8. The monoisotopic (exact) mass is 313 g/mol. The first kappa shape index (κ1) is 19.2. The molecule has 0 bridgehead atoms. The maximum absolute atomic E-state index is 11.8. The largest absolute Gasteiger partial charge is 0.444 e. The molecule has 0 aromatic carbocycles. The number of nitrogens with zero attached hydrogens (tertiary/aromatic N) is 1. The van der Waals surface area contributed by atoms with Crippen LogP contribution in [0.3, 0.4) is 0 Å². The summed E-state index contributed by atoms with van der Waals surface area (Å²) in [6.45, 7) is 9.05. The van der Waals surface area contributed by atoms with E-state index in [1.807, 2.05) is 20.8 Å². The van der Waals surface area contributed by atoms with Crippen molar-refractivity contribution in [2.45, 2.75) is 83.5 Å². The third-order valence-corrected chi connectivity index (χ3v) is 3.98. The first-order chi connectivity index (χ1) is 10.2. The Bertz CT molecular complexity index is 331. The lowest BCUT2D eigenvalue weighted by Crippen LogP contribution is -2.45. The highest BCUT2D eigenvalue weighted by molar-refractivity contribution is 5.68. The zero-order valence-electron chi connectivity index (χ0n) is 15.2. The highest BCUT2D eigenvalue weighted by Gasteiger charge is 2.25. The number of hydrogen-bond acceptors (Lipinski definition) is 4. The van der Waals surface area contributed by atoms with Gasteiger partial charge in [-0.25, -0.2) is 4.79 Å². The smallest absolute Gasteiger partial charge is 0.407 e. The van der Waals surface area contributed by atoms with Crippen LogP contribution in [0, 0.1) is 0 Å². The second-order valence-corrected chi connectivity index (χ2v) is 7.85. The number of hydrogen-bond donors (Lipinski definition) is 2. The standard InChI is InChI=1S/C17H35N3O2/c1-13(11-12-20(5)6)18-14-7-9-15(10-8-14)19-16(21)22-17(2,3)4/h13-15,18H,7-12H2,1-6H3,(H,19,21). The first-order valence-electron chi connectivity index (χ1n) is 8.56. The predicted molar refractivity (Wildman–Crippen MR) is 91.2 cm³/mol. The average molecular weight is 313 g/mol. The Kier molecular flexibility index (Phi) is 7.63. The number of nitrogens with one attached hydrogen (secondary N) is 2. The van der Waals surface area contributed by atoms with Crippen LogP contribution in [-0.4, -0.2) is 55.4 Å². The van der Waals surface area contributed by atoms with E-state index < -0.39 is 5.60 Å². The molecule has 0 spiro atoms. The lowest BCUT2D eigenvalue weighted by molar-refractivity contribution is 0.0489. The molecule has 1 amide bonds. The van der Waals surface area contributed by atoms with Crippen molar-refractivity contribution in [3.05, 3.63) is 0 Å². The highest BCUT2D eigenvalue weighted by atomic mass is 16.6.